The van der Waals surface area contributed by atoms with Crippen molar-refractivity contribution in [1.82, 2.24) is 25.1 Å². The summed E-state index contributed by atoms with van der Waals surface area (Å²) in [4.78, 5) is 23.7. The maximum Gasteiger partial charge on any atom is 0.272 e. The van der Waals surface area contributed by atoms with Crippen LogP contribution in [0, 0.1) is 6.92 Å². The van der Waals surface area contributed by atoms with Gasteiger partial charge in [0.05, 0.1) is 17.2 Å². The second-order valence-electron chi connectivity index (χ2n) is 6.89. The molecule has 7 nitrogen and oxygen atoms in total. The van der Waals surface area contributed by atoms with Crippen LogP contribution >= 0.6 is 11.6 Å². The van der Waals surface area contributed by atoms with Crippen LogP contribution in [0.3, 0.4) is 0 Å². The summed E-state index contributed by atoms with van der Waals surface area (Å²) in [6.07, 6.45) is 3.50. The van der Waals surface area contributed by atoms with E-state index < -0.39 is 0 Å². The minimum absolute atomic E-state index is 0.112. The van der Waals surface area contributed by atoms with E-state index in [0.717, 1.165) is 48.5 Å². The molecule has 27 heavy (non-hydrogen) atoms. The molecule has 140 valence electrons. The zero-order valence-corrected chi connectivity index (χ0v) is 16.1. The summed E-state index contributed by atoms with van der Waals surface area (Å²) in [7, 11) is 1.84. The van der Waals surface area contributed by atoms with E-state index in [1.807, 2.05) is 32.2 Å². The Hall–Kier alpha value is -2.67. The van der Waals surface area contributed by atoms with Gasteiger partial charge in [-0.3, -0.25) is 14.5 Å². The van der Waals surface area contributed by atoms with Gasteiger partial charge in [0, 0.05) is 36.9 Å². The summed E-state index contributed by atoms with van der Waals surface area (Å²) < 4.78 is 1.71. The Morgan fingerprint density at radius 3 is 2.70 bits per heavy atom. The van der Waals surface area contributed by atoms with Gasteiger partial charge in [0.15, 0.2) is 0 Å². The third-order valence-electron chi connectivity index (χ3n) is 4.99. The predicted octanol–water partition coefficient (Wildman–Crippen LogP) is 2.72. The number of hydrogen-bond donors (Lipinski definition) is 1. The topological polar surface area (TPSA) is 75.9 Å². The largest absolute Gasteiger partial charge is 0.355 e. The van der Waals surface area contributed by atoms with Crippen LogP contribution in [0.1, 0.15) is 29.0 Å². The number of halogens is 1. The first-order valence-electron chi connectivity index (χ1n) is 8.98. The lowest BCUT2D eigenvalue weighted by Crippen LogP contribution is -2.45. The van der Waals surface area contributed by atoms with Crippen LogP contribution in [0.25, 0.3) is 11.0 Å². The van der Waals surface area contributed by atoms with E-state index in [-0.39, 0.29) is 11.9 Å². The van der Waals surface area contributed by atoms with Crippen molar-refractivity contribution in [2.45, 2.75) is 25.8 Å². The minimum Gasteiger partial charge on any atom is -0.355 e. The molecular weight excluding hydrogens is 364 g/mol. The molecule has 1 saturated heterocycles. The first-order chi connectivity index (χ1) is 13.0. The average molecular weight is 385 g/mol. The minimum atomic E-state index is -0.112. The summed E-state index contributed by atoms with van der Waals surface area (Å²) in [5.41, 5.74) is 3.06. The Morgan fingerprint density at radius 1 is 1.22 bits per heavy atom. The van der Waals surface area contributed by atoms with Crippen molar-refractivity contribution < 1.29 is 4.79 Å². The highest BCUT2D eigenvalue weighted by Gasteiger charge is 2.23. The summed E-state index contributed by atoms with van der Waals surface area (Å²) >= 11 is 6.00. The summed E-state index contributed by atoms with van der Waals surface area (Å²) in [6.45, 7) is 3.57. The Morgan fingerprint density at radius 2 is 2.00 bits per heavy atom. The molecule has 0 unspecified atom stereocenters. The van der Waals surface area contributed by atoms with E-state index in [0.29, 0.717) is 10.7 Å². The Bertz CT molecular complexity index is 974. The average Bonchev–Trinajstić information content (AvgIpc) is 3.01. The Kier molecular flexibility index (Phi) is 4.70. The lowest BCUT2D eigenvalue weighted by atomic mass is 10.0. The van der Waals surface area contributed by atoms with Gasteiger partial charge in [0.1, 0.15) is 11.5 Å². The Balaban J connectivity index is 1.38. The zero-order valence-electron chi connectivity index (χ0n) is 15.3. The molecule has 0 bridgehead atoms. The van der Waals surface area contributed by atoms with Crippen molar-refractivity contribution in [3.05, 3.63) is 46.9 Å². The highest BCUT2D eigenvalue weighted by molar-refractivity contribution is 6.31. The van der Waals surface area contributed by atoms with E-state index in [9.17, 15) is 4.79 Å². The number of fused-ring (bicyclic) bond motifs is 1. The van der Waals surface area contributed by atoms with Crippen LogP contribution in [0.15, 0.2) is 30.5 Å². The monoisotopic (exact) mass is 384 g/mol. The number of carbonyl (C=O) groups is 1. The standard InChI is InChI=1S/C19H21ClN6O/c1-12-9-17(24-25(12)2)19(27)22-14-5-7-26(8-6-14)18-11-21-16-10-13(20)3-4-15(16)23-18/h3-4,9-11,14H,5-8H2,1-2H3,(H,22,27). The van der Waals surface area contributed by atoms with Crippen molar-refractivity contribution in [2.75, 3.05) is 18.0 Å². The third kappa shape index (κ3) is 3.73. The molecule has 3 heterocycles. The maximum absolute atomic E-state index is 12.4. The number of rotatable bonds is 3. The van der Waals surface area contributed by atoms with E-state index in [1.165, 1.54) is 0 Å². The molecule has 1 amide bonds. The first-order valence-corrected chi connectivity index (χ1v) is 9.36. The fraction of sp³-hybridized carbons (Fsp3) is 0.368. The molecule has 2 aromatic heterocycles. The molecule has 1 aliphatic heterocycles. The van der Waals surface area contributed by atoms with Crippen molar-refractivity contribution in [3.8, 4) is 0 Å². The van der Waals surface area contributed by atoms with Crippen LogP contribution < -0.4 is 10.2 Å². The van der Waals surface area contributed by atoms with Crippen molar-refractivity contribution >= 4 is 34.4 Å². The van der Waals surface area contributed by atoms with E-state index >= 15 is 0 Å². The lowest BCUT2D eigenvalue weighted by molar-refractivity contribution is 0.0925. The van der Waals surface area contributed by atoms with Crippen LogP contribution in [-0.2, 0) is 7.05 Å². The quantitative estimate of drug-likeness (QED) is 0.751. The molecule has 0 aliphatic carbocycles. The highest BCUT2D eigenvalue weighted by Crippen LogP contribution is 2.22. The molecule has 4 rings (SSSR count). The summed E-state index contributed by atoms with van der Waals surface area (Å²) in [5.74, 6) is 0.745. The van der Waals surface area contributed by atoms with Gasteiger partial charge in [-0.1, -0.05) is 11.6 Å². The molecular formula is C19H21ClN6O. The van der Waals surface area contributed by atoms with Crippen molar-refractivity contribution in [2.24, 2.45) is 7.05 Å². The van der Waals surface area contributed by atoms with Gasteiger partial charge in [-0.2, -0.15) is 5.10 Å². The van der Waals surface area contributed by atoms with Gasteiger partial charge in [-0.05, 0) is 44.0 Å². The summed E-state index contributed by atoms with van der Waals surface area (Å²) in [5, 5.41) is 7.99. The van der Waals surface area contributed by atoms with Crippen LogP contribution in [0.4, 0.5) is 5.82 Å². The number of piperidine rings is 1. The summed E-state index contributed by atoms with van der Waals surface area (Å²) in [6, 6.07) is 7.47. The highest BCUT2D eigenvalue weighted by atomic mass is 35.5. The maximum atomic E-state index is 12.4. The van der Waals surface area contributed by atoms with E-state index in [1.54, 1.807) is 16.9 Å². The van der Waals surface area contributed by atoms with Gasteiger partial charge in [0.2, 0.25) is 0 Å². The molecule has 8 heteroatoms. The number of aromatic nitrogens is 4. The number of hydrogen-bond acceptors (Lipinski definition) is 5. The number of carbonyl (C=O) groups excluding carboxylic acids is 1. The number of nitrogens with one attached hydrogen (secondary N) is 1. The fourth-order valence-corrected chi connectivity index (χ4v) is 3.48. The van der Waals surface area contributed by atoms with Gasteiger partial charge in [-0.25, -0.2) is 4.98 Å². The molecule has 0 atom stereocenters. The van der Waals surface area contributed by atoms with Gasteiger partial charge < -0.3 is 10.2 Å². The number of nitrogens with zero attached hydrogens (tertiary/aromatic N) is 5. The molecule has 0 radical (unpaired) electrons. The molecule has 0 saturated carbocycles. The second kappa shape index (κ2) is 7.15. The van der Waals surface area contributed by atoms with Crippen LogP contribution in [0.5, 0.6) is 0 Å². The van der Waals surface area contributed by atoms with Crippen molar-refractivity contribution in [3.63, 3.8) is 0 Å². The smallest absolute Gasteiger partial charge is 0.272 e. The molecule has 3 aromatic rings. The molecule has 1 aliphatic rings. The van der Waals surface area contributed by atoms with Gasteiger partial charge in [-0.15, -0.1) is 0 Å². The fourth-order valence-electron chi connectivity index (χ4n) is 3.31. The number of amides is 1. The first kappa shape index (κ1) is 17.7. The predicted molar refractivity (Wildman–Crippen MR) is 105 cm³/mol. The number of aryl methyl sites for hydroxylation is 2. The number of benzene rings is 1. The van der Waals surface area contributed by atoms with Crippen molar-refractivity contribution in [1.29, 1.82) is 0 Å². The van der Waals surface area contributed by atoms with Crippen LogP contribution in [0.2, 0.25) is 5.02 Å². The van der Waals surface area contributed by atoms with E-state index in [4.69, 9.17) is 16.6 Å². The van der Waals surface area contributed by atoms with Crippen LogP contribution in [-0.4, -0.2) is 44.8 Å². The van der Waals surface area contributed by atoms with Gasteiger partial charge >= 0.3 is 0 Å². The van der Waals surface area contributed by atoms with Gasteiger partial charge in [0.25, 0.3) is 5.91 Å². The molecule has 1 N–H and O–H groups in total. The van der Waals surface area contributed by atoms with E-state index in [2.05, 4.69) is 20.3 Å². The second-order valence-corrected chi connectivity index (χ2v) is 7.33. The zero-order chi connectivity index (χ0) is 19.0. The normalized spacial score (nSPS) is 15.3. The third-order valence-corrected chi connectivity index (χ3v) is 5.23. The number of anilines is 1. The SMILES string of the molecule is Cc1cc(C(=O)NC2CCN(c3cnc4cc(Cl)ccc4n3)CC2)nn1C. The molecule has 1 aromatic carbocycles. The molecule has 1 fully saturated rings. The molecule has 0 spiro atoms. The lowest BCUT2D eigenvalue weighted by Gasteiger charge is -2.32. The Labute approximate surface area is 162 Å².